The van der Waals surface area contributed by atoms with Crippen LogP contribution in [0.1, 0.15) is 0 Å². The molecule has 5 aromatic carbocycles. The van der Waals surface area contributed by atoms with Crippen molar-refractivity contribution in [3.05, 3.63) is 123 Å². The molecule has 0 heterocycles. The van der Waals surface area contributed by atoms with Crippen LogP contribution in [-0.4, -0.2) is 7.12 Å². The number of fused-ring (bicyclic) bond motifs is 1. The van der Waals surface area contributed by atoms with Gasteiger partial charge in [-0.25, -0.2) is 70.2 Å². The third-order valence-corrected chi connectivity index (χ3v) is 6.60. The van der Waals surface area contributed by atoms with E-state index in [2.05, 4.69) is 4.65 Å². The maximum Gasteiger partial charge on any atom is 0.639 e. The molecule has 0 aliphatic rings. The minimum Gasteiger partial charge on any atom is -0.521 e. The SMILES string of the molecule is Fc1ccc2c(OB(Oc3c(F)c(F)c(F)c(F)c3-c3c(F)c(F)c(F)c(F)c3F)c3c(F)c(F)c(F)c(F)c3F)ccc(F)c2c1F. The molecule has 0 atom stereocenters. The van der Waals surface area contributed by atoms with Gasteiger partial charge in [-0.15, -0.1) is 0 Å². The Kier molecular flexibility index (Phi) is 8.64. The molecule has 5 rings (SSSR count). The first-order valence-electron chi connectivity index (χ1n) is 12.2. The van der Waals surface area contributed by atoms with E-state index in [9.17, 15) is 65.9 Å². The standard InChI is InChI=1S/C28H4BF17O2/c30-6-3-4-8(5-1-2-7(31)13(32)9(5)6)47-29(12-17(36)22(41)25(44)23(42)18(12)37)48-28-11(16(35)21(40)26(45)27(28)46)10-14(33)19(38)24(43)20(39)15(10)34/h1-4H. The number of hydrogen-bond donors (Lipinski definition) is 0. The Hall–Kier alpha value is -5.17. The molecule has 0 amide bonds. The van der Waals surface area contributed by atoms with Gasteiger partial charge in [-0.2, -0.15) is 4.39 Å². The molecule has 250 valence electrons. The molecule has 0 N–H and O–H groups in total. The molecule has 0 aliphatic heterocycles. The predicted molar refractivity (Wildman–Crippen MR) is 128 cm³/mol. The van der Waals surface area contributed by atoms with Gasteiger partial charge >= 0.3 is 7.12 Å². The first-order valence-corrected chi connectivity index (χ1v) is 12.2. The molecule has 0 fully saturated rings. The van der Waals surface area contributed by atoms with Crippen molar-refractivity contribution in [3.63, 3.8) is 0 Å². The summed E-state index contributed by atoms with van der Waals surface area (Å²) in [6.07, 6.45) is 0. The van der Waals surface area contributed by atoms with Crippen molar-refractivity contribution in [1.29, 1.82) is 0 Å². The summed E-state index contributed by atoms with van der Waals surface area (Å²) in [7, 11) is -3.60. The van der Waals surface area contributed by atoms with Gasteiger partial charge < -0.3 is 9.31 Å². The second kappa shape index (κ2) is 12.1. The highest BCUT2D eigenvalue weighted by molar-refractivity contribution is 6.63. The summed E-state index contributed by atoms with van der Waals surface area (Å²) in [4.78, 5) is 0. The van der Waals surface area contributed by atoms with E-state index >= 15 is 8.78 Å². The van der Waals surface area contributed by atoms with Crippen molar-refractivity contribution in [3.8, 4) is 22.6 Å². The van der Waals surface area contributed by atoms with Crippen LogP contribution in [0.15, 0.2) is 24.3 Å². The molecule has 0 radical (unpaired) electrons. The number of rotatable bonds is 6. The van der Waals surface area contributed by atoms with Crippen LogP contribution in [0, 0.1) is 98.9 Å². The van der Waals surface area contributed by atoms with Gasteiger partial charge in [0.15, 0.2) is 81.4 Å². The van der Waals surface area contributed by atoms with E-state index < -0.39 is 145 Å². The fraction of sp³-hybridized carbons (Fsp3) is 0. The van der Waals surface area contributed by atoms with Gasteiger partial charge in [-0.05, 0) is 24.3 Å². The molecular formula is C28H4BF17O2. The largest absolute Gasteiger partial charge is 0.639 e. The molecular weight excluding hydrogens is 702 g/mol. The Balaban J connectivity index is 1.87. The zero-order valence-electron chi connectivity index (χ0n) is 22.1. The monoisotopic (exact) mass is 706 g/mol. The summed E-state index contributed by atoms with van der Waals surface area (Å²) < 4.78 is 254. The van der Waals surface area contributed by atoms with Crippen LogP contribution in [-0.2, 0) is 0 Å². The molecule has 0 aromatic heterocycles. The summed E-state index contributed by atoms with van der Waals surface area (Å²) in [6.45, 7) is 0. The Morgan fingerprint density at radius 3 is 1.29 bits per heavy atom. The van der Waals surface area contributed by atoms with Crippen LogP contribution < -0.4 is 14.8 Å². The summed E-state index contributed by atoms with van der Waals surface area (Å²) in [5, 5.41) is -2.25. The smallest absolute Gasteiger partial charge is 0.521 e. The summed E-state index contributed by atoms with van der Waals surface area (Å²) in [6, 6.07) is 1.45. The van der Waals surface area contributed by atoms with Crippen molar-refractivity contribution < 1.29 is 83.9 Å². The minimum absolute atomic E-state index is 0.258. The lowest BCUT2D eigenvalue weighted by Gasteiger charge is -2.22. The summed E-state index contributed by atoms with van der Waals surface area (Å²) in [5.41, 5.74) is -7.52. The topological polar surface area (TPSA) is 18.5 Å². The van der Waals surface area contributed by atoms with Gasteiger partial charge in [-0.1, -0.05) is 0 Å². The van der Waals surface area contributed by atoms with Gasteiger partial charge in [-0.3, -0.25) is 0 Å². The average Bonchev–Trinajstić information content (AvgIpc) is 3.06. The second-order valence-corrected chi connectivity index (χ2v) is 9.29. The van der Waals surface area contributed by atoms with Crippen molar-refractivity contribution in [2.24, 2.45) is 0 Å². The van der Waals surface area contributed by atoms with Crippen molar-refractivity contribution in [2.45, 2.75) is 0 Å². The summed E-state index contributed by atoms with van der Waals surface area (Å²) >= 11 is 0. The van der Waals surface area contributed by atoms with E-state index in [1.807, 2.05) is 0 Å². The van der Waals surface area contributed by atoms with Crippen LogP contribution in [0.25, 0.3) is 21.9 Å². The van der Waals surface area contributed by atoms with E-state index in [0.717, 1.165) is 0 Å². The molecule has 48 heavy (non-hydrogen) atoms. The van der Waals surface area contributed by atoms with Crippen molar-refractivity contribution in [1.82, 2.24) is 0 Å². The van der Waals surface area contributed by atoms with E-state index in [-0.39, 0.29) is 6.07 Å². The van der Waals surface area contributed by atoms with Crippen LogP contribution >= 0.6 is 0 Å². The molecule has 0 saturated carbocycles. The third-order valence-electron chi connectivity index (χ3n) is 6.60. The lowest BCUT2D eigenvalue weighted by molar-refractivity contribution is 0.360. The highest BCUT2D eigenvalue weighted by Gasteiger charge is 2.43. The number of hydrogen-bond acceptors (Lipinski definition) is 2. The van der Waals surface area contributed by atoms with Crippen LogP contribution in [0.2, 0.25) is 0 Å². The lowest BCUT2D eigenvalue weighted by atomic mass is 9.76. The molecule has 0 saturated heterocycles. The van der Waals surface area contributed by atoms with Gasteiger partial charge in [0.25, 0.3) is 0 Å². The highest BCUT2D eigenvalue weighted by Crippen LogP contribution is 2.43. The molecule has 0 bridgehead atoms. The maximum absolute atomic E-state index is 15.2. The van der Waals surface area contributed by atoms with Crippen molar-refractivity contribution >= 4 is 23.4 Å². The lowest BCUT2D eigenvalue weighted by Crippen LogP contribution is -2.48. The van der Waals surface area contributed by atoms with Crippen LogP contribution in [0.3, 0.4) is 0 Å². The molecule has 0 unspecified atom stereocenters. The van der Waals surface area contributed by atoms with Crippen molar-refractivity contribution in [2.75, 3.05) is 0 Å². The van der Waals surface area contributed by atoms with Gasteiger partial charge in [0.1, 0.15) is 11.6 Å². The zero-order valence-corrected chi connectivity index (χ0v) is 22.1. The van der Waals surface area contributed by atoms with E-state index in [4.69, 9.17) is 4.65 Å². The molecule has 0 spiro atoms. The van der Waals surface area contributed by atoms with Gasteiger partial charge in [0.2, 0.25) is 17.5 Å². The quantitative estimate of drug-likeness (QED) is 0.0762. The van der Waals surface area contributed by atoms with E-state index in [1.165, 1.54) is 0 Å². The maximum atomic E-state index is 15.2. The van der Waals surface area contributed by atoms with Crippen LogP contribution in [0.5, 0.6) is 11.5 Å². The average molecular weight is 706 g/mol. The van der Waals surface area contributed by atoms with Gasteiger partial charge in [0, 0.05) is 5.39 Å². The molecule has 0 aliphatic carbocycles. The molecule has 20 heteroatoms. The first kappa shape index (κ1) is 34.2. The Labute approximate surface area is 253 Å². The Morgan fingerprint density at radius 1 is 0.354 bits per heavy atom. The fourth-order valence-electron chi connectivity index (χ4n) is 4.38. The summed E-state index contributed by atoms with van der Waals surface area (Å²) in [5.74, 6) is -50.1. The highest BCUT2D eigenvalue weighted by atomic mass is 19.2. The molecule has 5 aromatic rings. The van der Waals surface area contributed by atoms with E-state index in [0.29, 0.717) is 18.2 Å². The van der Waals surface area contributed by atoms with Gasteiger partial charge in [0.05, 0.1) is 22.0 Å². The zero-order chi connectivity index (χ0) is 35.7. The third kappa shape index (κ3) is 5.09. The first-order chi connectivity index (χ1) is 22.4. The fourth-order valence-corrected chi connectivity index (χ4v) is 4.38. The predicted octanol–water partition coefficient (Wildman–Crippen LogP) is 8.72. The minimum atomic E-state index is -3.60. The number of halogens is 17. The second-order valence-electron chi connectivity index (χ2n) is 9.29. The van der Waals surface area contributed by atoms with Crippen LogP contribution in [0.4, 0.5) is 74.6 Å². The van der Waals surface area contributed by atoms with E-state index in [1.54, 1.807) is 0 Å². The Morgan fingerprint density at radius 2 is 0.771 bits per heavy atom. The molecule has 2 nitrogen and oxygen atoms in total. The Bertz CT molecular complexity index is 2130. The normalized spacial score (nSPS) is 11.4. The number of benzene rings is 5.